The highest BCUT2D eigenvalue weighted by Crippen LogP contribution is 1.98. The van der Waals surface area contributed by atoms with Crippen LogP contribution in [0.25, 0.3) is 0 Å². The molecular formula is C11H14N2O5. The Morgan fingerprint density at radius 2 is 2.11 bits per heavy atom. The van der Waals surface area contributed by atoms with E-state index in [-0.39, 0.29) is 37.1 Å². The molecule has 7 heteroatoms. The van der Waals surface area contributed by atoms with Gasteiger partial charge in [0.1, 0.15) is 6.54 Å². The van der Waals surface area contributed by atoms with Gasteiger partial charge in [0.25, 0.3) is 5.91 Å². The fourth-order valence-corrected chi connectivity index (χ4v) is 1.12. The second kappa shape index (κ2) is 7.10. The summed E-state index contributed by atoms with van der Waals surface area (Å²) in [6.07, 6.45) is 1.46. The third kappa shape index (κ3) is 4.69. The Bertz CT molecular complexity index is 413. The number of hydrogen-bond acceptors (Lipinski definition) is 5. The predicted molar refractivity (Wildman–Crippen MR) is 60.7 cm³/mol. The van der Waals surface area contributed by atoms with Gasteiger partial charge in [0.05, 0.1) is 13.4 Å². The first-order valence-corrected chi connectivity index (χ1v) is 5.28. The summed E-state index contributed by atoms with van der Waals surface area (Å²) >= 11 is 0. The molecule has 0 saturated heterocycles. The number of hydrogen-bond donors (Lipinski definition) is 2. The van der Waals surface area contributed by atoms with E-state index in [1.54, 1.807) is 6.07 Å². The van der Waals surface area contributed by atoms with Crippen LogP contribution in [0.4, 0.5) is 0 Å². The fourth-order valence-electron chi connectivity index (χ4n) is 1.12. The van der Waals surface area contributed by atoms with Crippen molar-refractivity contribution in [3.05, 3.63) is 24.2 Å². The first kappa shape index (κ1) is 13.8. The van der Waals surface area contributed by atoms with E-state index in [1.165, 1.54) is 19.4 Å². The molecule has 2 N–H and O–H groups in total. The maximum absolute atomic E-state index is 11.4. The van der Waals surface area contributed by atoms with Gasteiger partial charge in [-0.25, -0.2) is 0 Å². The van der Waals surface area contributed by atoms with Crippen LogP contribution in [0.5, 0.6) is 0 Å². The number of rotatable bonds is 6. The minimum atomic E-state index is -0.525. The summed E-state index contributed by atoms with van der Waals surface area (Å²) in [4.78, 5) is 33.4. The van der Waals surface area contributed by atoms with Crippen LogP contribution in [0.3, 0.4) is 0 Å². The molecule has 0 fully saturated rings. The van der Waals surface area contributed by atoms with Gasteiger partial charge in [-0.2, -0.15) is 0 Å². The predicted octanol–water partition coefficient (Wildman–Crippen LogP) is -0.311. The summed E-state index contributed by atoms with van der Waals surface area (Å²) in [6, 6.07) is 3.12. The topological polar surface area (TPSA) is 97.6 Å². The normalized spacial score (nSPS) is 9.61. The van der Waals surface area contributed by atoms with E-state index in [2.05, 4.69) is 15.4 Å². The number of methoxy groups -OCH3 is 1. The third-order valence-electron chi connectivity index (χ3n) is 2.04. The molecule has 18 heavy (non-hydrogen) atoms. The van der Waals surface area contributed by atoms with E-state index >= 15 is 0 Å². The molecule has 1 rings (SSSR count). The monoisotopic (exact) mass is 254 g/mol. The highest BCUT2D eigenvalue weighted by Gasteiger charge is 2.09. The highest BCUT2D eigenvalue weighted by atomic mass is 16.5. The van der Waals surface area contributed by atoms with Gasteiger partial charge in [0.15, 0.2) is 5.76 Å². The molecule has 1 aromatic heterocycles. The lowest BCUT2D eigenvalue weighted by Gasteiger charge is -2.04. The molecule has 0 spiro atoms. The maximum Gasteiger partial charge on any atom is 0.325 e. The summed E-state index contributed by atoms with van der Waals surface area (Å²) in [5.74, 6) is -1.08. The summed E-state index contributed by atoms with van der Waals surface area (Å²) in [7, 11) is 1.23. The SMILES string of the molecule is COC(=O)CNC(=O)CCNC(=O)c1ccco1. The quantitative estimate of drug-likeness (QED) is 0.678. The summed E-state index contributed by atoms with van der Waals surface area (Å²) in [5.41, 5.74) is 0. The smallest absolute Gasteiger partial charge is 0.325 e. The largest absolute Gasteiger partial charge is 0.468 e. The Morgan fingerprint density at radius 1 is 1.33 bits per heavy atom. The number of ether oxygens (including phenoxy) is 1. The van der Waals surface area contributed by atoms with Gasteiger partial charge in [-0.05, 0) is 12.1 Å². The number of amides is 2. The van der Waals surface area contributed by atoms with Crippen LogP contribution in [0.1, 0.15) is 17.0 Å². The standard InChI is InChI=1S/C11H14N2O5/c1-17-10(15)7-13-9(14)4-5-12-11(16)8-3-2-6-18-8/h2-3,6H,4-5,7H2,1H3,(H,12,16)(H,13,14). The first-order valence-electron chi connectivity index (χ1n) is 5.28. The lowest BCUT2D eigenvalue weighted by Crippen LogP contribution is -2.33. The van der Waals surface area contributed by atoms with Gasteiger partial charge in [-0.15, -0.1) is 0 Å². The van der Waals surface area contributed by atoms with Crippen molar-refractivity contribution < 1.29 is 23.5 Å². The van der Waals surface area contributed by atoms with Crippen LogP contribution in [0.15, 0.2) is 22.8 Å². The zero-order valence-corrected chi connectivity index (χ0v) is 9.89. The minimum Gasteiger partial charge on any atom is -0.468 e. The molecule has 0 saturated carbocycles. The maximum atomic E-state index is 11.4. The Morgan fingerprint density at radius 3 is 2.72 bits per heavy atom. The summed E-state index contributed by atoms with van der Waals surface area (Å²) in [5, 5.41) is 4.86. The van der Waals surface area contributed by atoms with E-state index < -0.39 is 5.97 Å². The van der Waals surface area contributed by atoms with Crippen LogP contribution in [0, 0.1) is 0 Å². The molecule has 1 heterocycles. The van der Waals surface area contributed by atoms with Crippen molar-refractivity contribution in [2.24, 2.45) is 0 Å². The van der Waals surface area contributed by atoms with Gasteiger partial charge in [-0.3, -0.25) is 14.4 Å². The first-order chi connectivity index (χ1) is 8.63. The van der Waals surface area contributed by atoms with Gasteiger partial charge < -0.3 is 19.8 Å². The zero-order chi connectivity index (χ0) is 13.4. The Kier molecular flexibility index (Phi) is 5.43. The van der Waals surface area contributed by atoms with Crippen molar-refractivity contribution in [3.63, 3.8) is 0 Å². The van der Waals surface area contributed by atoms with Crippen molar-refractivity contribution in [2.75, 3.05) is 20.2 Å². The van der Waals surface area contributed by atoms with Gasteiger partial charge >= 0.3 is 5.97 Å². The average Bonchev–Trinajstić information content (AvgIpc) is 2.89. The molecule has 0 atom stereocenters. The molecule has 0 aliphatic carbocycles. The van der Waals surface area contributed by atoms with Crippen molar-refractivity contribution in [3.8, 4) is 0 Å². The summed E-state index contributed by atoms with van der Waals surface area (Å²) < 4.78 is 9.23. The lowest BCUT2D eigenvalue weighted by molar-refractivity contribution is -0.141. The van der Waals surface area contributed by atoms with Crippen molar-refractivity contribution in [1.82, 2.24) is 10.6 Å². The molecule has 2 amide bonds. The van der Waals surface area contributed by atoms with Gasteiger partial charge in [-0.1, -0.05) is 0 Å². The molecule has 1 aromatic rings. The molecular weight excluding hydrogens is 240 g/mol. The van der Waals surface area contributed by atoms with Crippen LogP contribution < -0.4 is 10.6 Å². The van der Waals surface area contributed by atoms with E-state index in [9.17, 15) is 14.4 Å². The Labute approximate surface area is 103 Å². The number of furan rings is 1. The molecule has 0 unspecified atom stereocenters. The van der Waals surface area contributed by atoms with E-state index in [1.807, 2.05) is 0 Å². The van der Waals surface area contributed by atoms with E-state index in [0.29, 0.717) is 0 Å². The zero-order valence-electron chi connectivity index (χ0n) is 9.89. The van der Waals surface area contributed by atoms with Crippen molar-refractivity contribution >= 4 is 17.8 Å². The number of carbonyl (C=O) groups is 3. The van der Waals surface area contributed by atoms with Crippen molar-refractivity contribution in [1.29, 1.82) is 0 Å². The fraction of sp³-hybridized carbons (Fsp3) is 0.364. The Balaban J connectivity index is 2.16. The van der Waals surface area contributed by atoms with E-state index in [0.717, 1.165) is 0 Å². The highest BCUT2D eigenvalue weighted by molar-refractivity contribution is 5.91. The average molecular weight is 254 g/mol. The van der Waals surface area contributed by atoms with Crippen LogP contribution >= 0.6 is 0 Å². The second-order valence-electron chi connectivity index (χ2n) is 3.34. The molecule has 0 aliphatic rings. The lowest BCUT2D eigenvalue weighted by atomic mass is 10.3. The molecule has 7 nitrogen and oxygen atoms in total. The minimum absolute atomic E-state index is 0.0729. The Hall–Kier alpha value is -2.31. The number of esters is 1. The van der Waals surface area contributed by atoms with Crippen molar-refractivity contribution in [2.45, 2.75) is 6.42 Å². The molecule has 98 valence electrons. The second-order valence-corrected chi connectivity index (χ2v) is 3.34. The third-order valence-corrected chi connectivity index (χ3v) is 2.04. The van der Waals surface area contributed by atoms with E-state index in [4.69, 9.17) is 4.42 Å². The summed E-state index contributed by atoms with van der Waals surface area (Å²) in [6.45, 7) is -0.0198. The molecule has 0 radical (unpaired) electrons. The van der Waals surface area contributed by atoms with Gasteiger partial charge in [0, 0.05) is 13.0 Å². The van der Waals surface area contributed by atoms with Gasteiger partial charge in [0.2, 0.25) is 5.91 Å². The van der Waals surface area contributed by atoms with Crippen LogP contribution in [-0.4, -0.2) is 38.0 Å². The number of nitrogens with one attached hydrogen (secondary N) is 2. The number of carbonyl (C=O) groups excluding carboxylic acids is 3. The van der Waals surface area contributed by atoms with Crippen LogP contribution in [0.2, 0.25) is 0 Å². The molecule has 0 aliphatic heterocycles. The molecule has 0 bridgehead atoms. The molecule has 0 aromatic carbocycles. The van der Waals surface area contributed by atoms with Crippen LogP contribution in [-0.2, 0) is 14.3 Å².